The molecule has 0 radical (unpaired) electrons. The monoisotopic (exact) mass is 218 g/mol. The summed E-state index contributed by atoms with van der Waals surface area (Å²) in [4.78, 5) is 21.8. The van der Waals surface area contributed by atoms with Gasteiger partial charge in [0.2, 0.25) is 0 Å². The molecule has 1 aromatic carbocycles. The molecular formula is C11H10N2O3. The summed E-state index contributed by atoms with van der Waals surface area (Å²) >= 11 is 0. The molecule has 5 heteroatoms. The SMILES string of the molecule is O=C1NC(=O)C(=COCc2ccccc2)N1. The standard InChI is InChI=1S/C11H10N2O3/c14-10-9(12-11(15)13-10)7-16-6-8-4-2-1-3-5-8/h1-5,7H,6H2,(H2,12,13,14,15). The highest BCUT2D eigenvalue weighted by Gasteiger charge is 2.23. The van der Waals surface area contributed by atoms with E-state index < -0.39 is 11.9 Å². The third-order valence-corrected chi connectivity index (χ3v) is 2.01. The lowest BCUT2D eigenvalue weighted by molar-refractivity contribution is -0.115. The summed E-state index contributed by atoms with van der Waals surface area (Å²) in [6.45, 7) is 0.355. The van der Waals surface area contributed by atoms with Crippen molar-refractivity contribution in [2.45, 2.75) is 6.61 Å². The fraction of sp³-hybridized carbons (Fsp3) is 0.0909. The van der Waals surface area contributed by atoms with E-state index in [1.165, 1.54) is 6.26 Å². The molecule has 0 aromatic heterocycles. The molecule has 1 heterocycles. The summed E-state index contributed by atoms with van der Waals surface area (Å²) in [5.41, 5.74) is 1.12. The van der Waals surface area contributed by atoms with Crippen LogP contribution in [-0.4, -0.2) is 11.9 Å². The maximum Gasteiger partial charge on any atom is 0.326 e. The molecule has 0 atom stereocenters. The number of hydrogen-bond donors (Lipinski definition) is 2. The van der Waals surface area contributed by atoms with E-state index >= 15 is 0 Å². The van der Waals surface area contributed by atoms with Crippen molar-refractivity contribution in [1.29, 1.82) is 0 Å². The summed E-state index contributed by atoms with van der Waals surface area (Å²) in [6, 6.07) is 9.00. The number of nitrogens with one attached hydrogen (secondary N) is 2. The number of carbonyl (C=O) groups is 2. The van der Waals surface area contributed by atoms with Crippen molar-refractivity contribution in [1.82, 2.24) is 10.6 Å². The van der Waals surface area contributed by atoms with Gasteiger partial charge in [0, 0.05) is 0 Å². The Labute approximate surface area is 92.1 Å². The minimum Gasteiger partial charge on any atom is -0.494 e. The molecule has 5 nitrogen and oxygen atoms in total. The van der Waals surface area contributed by atoms with Gasteiger partial charge in [-0.25, -0.2) is 4.79 Å². The first-order chi connectivity index (χ1) is 7.75. The zero-order chi connectivity index (χ0) is 11.4. The second kappa shape index (κ2) is 4.48. The highest BCUT2D eigenvalue weighted by atomic mass is 16.5. The largest absolute Gasteiger partial charge is 0.494 e. The van der Waals surface area contributed by atoms with Gasteiger partial charge in [-0.05, 0) is 5.56 Å². The summed E-state index contributed by atoms with van der Waals surface area (Å²) in [5, 5.41) is 4.40. The quantitative estimate of drug-likeness (QED) is 0.449. The third kappa shape index (κ3) is 2.38. The summed E-state index contributed by atoms with van der Waals surface area (Å²) < 4.78 is 5.18. The first-order valence-corrected chi connectivity index (χ1v) is 4.74. The maximum atomic E-state index is 11.1. The molecule has 16 heavy (non-hydrogen) atoms. The zero-order valence-electron chi connectivity index (χ0n) is 8.40. The Bertz CT molecular complexity index is 440. The minimum atomic E-state index is -0.528. The van der Waals surface area contributed by atoms with Gasteiger partial charge in [0.05, 0.1) is 0 Å². The van der Waals surface area contributed by atoms with Crippen molar-refractivity contribution in [2.24, 2.45) is 0 Å². The van der Waals surface area contributed by atoms with E-state index in [2.05, 4.69) is 10.6 Å². The molecule has 0 saturated carbocycles. The van der Waals surface area contributed by atoms with Gasteiger partial charge in [0.15, 0.2) is 0 Å². The van der Waals surface area contributed by atoms with E-state index in [1.807, 2.05) is 30.3 Å². The van der Waals surface area contributed by atoms with Crippen LogP contribution in [0.1, 0.15) is 5.56 Å². The molecule has 1 aliphatic heterocycles. The Morgan fingerprint density at radius 1 is 1.12 bits per heavy atom. The Hall–Kier alpha value is -2.30. The van der Waals surface area contributed by atoms with Gasteiger partial charge >= 0.3 is 6.03 Å². The van der Waals surface area contributed by atoms with E-state index in [0.717, 1.165) is 5.56 Å². The number of imide groups is 1. The minimum absolute atomic E-state index is 0.126. The molecule has 0 unspecified atom stereocenters. The molecule has 0 spiro atoms. The lowest BCUT2D eigenvalue weighted by Crippen LogP contribution is -2.22. The van der Waals surface area contributed by atoms with E-state index in [1.54, 1.807) is 0 Å². The molecule has 0 bridgehead atoms. The van der Waals surface area contributed by atoms with Crippen molar-refractivity contribution < 1.29 is 14.3 Å². The van der Waals surface area contributed by atoms with Gasteiger partial charge in [-0.2, -0.15) is 0 Å². The van der Waals surface area contributed by atoms with Crippen LogP contribution in [-0.2, 0) is 16.1 Å². The normalized spacial score (nSPS) is 17.1. The number of carbonyl (C=O) groups excluding carboxylic acids is 2. The first kappa shape index (κ1) is 10.2. The van der Waals surface area contributed by atoms with E-state index in [0.29, 0.717) is 6.61 Å². The smallest absolute Gasteiger partial charge is 0.326 e. The van der Waals surface area contributed by atoms with Crippen molar-refractivity contribution in [3.8, 4) is 0 Å². The highest BCUT2D eigenvalue weighted by molar-refractivity contribution is 6.11. The predicted octanol–water partition coefficient (Wildman–Crippen LogP) is 0.884. The van der Waals surface area contributed by atoms with Gasteiger partial charge in [0.1, 0.15) is 18.6 Å². The predicted molar refractivity (Wildman–Crippen MR) is 56.0 cm³/mol. The van der Waals surface area contributed by atoms with Crippen LogP contribution < -0.4 is 10.6 Å². The van der Waals surface area contributed by atoms with Crippen LogP contribution in [0.3, 0.4) is 0 Å². The molecule has 1 aliphatic rings. The Morgan fingerprint density at radius 3 is 2.50 bits per heavy atom. The number of amides is 3. The summed E-state index contributed by atoms with van der Waals surface area (Å²) in [6.07, 6.45) is 1.24. The molecule has 2 rings (SSSR count). The Kier molecular flexibility index (Phi) is 2.86. The Balaban J connectivity index is 1.90. The molecule has 2 N–H and O–H groups in total. The molecule has 1 aromatic rings. The Morgan fingerprint density at radius 2 is 1.88 bits per heavy atom. The fourth-order valence-electron chi connectivity index (χ4n) is 1.26. The van der Waals surface area contributed by atoms with Crippen LogP contribution in [0.5, 0.6) is 0 Å². The van der Waals surface area contributed by atoms with Crippen LogP contribution >= 0.6 is 0 Å². The van der Waals surface area contributed by atoms with Crippen LogP contribution in [0.2, 0.25) is 0 Å². The average Bonchev–Trinajstić information content (AvgIpc) is 2.59. The zero-order valence-corrected chi connectivity index (χ0v) is 8.40. The van der Waals surface area contributed by atoms with E-state index in [4.69, 9.17) is 4.74 Å². The second-order valence-electron chi connectivity index (χ2n) is 3.24. The molecule has 1 saturated heterocycles. The van der Waals surface area contributed by atoms with Crippen LogP contribution in [0.15, 0.2) is 42.3 Å². The highest BCUT2D eigenvalue weighted by Crippen LogP contribution is 2.03. The number of rotatable bonds is 3. The number of urea groups is 1. The second-order valence-corrected chi connectivity index (χ2v) is 3.24. The summed E-state index contributed by atoms with van der Waals surface area (Å²) in [7, 11) is 0. The number of benzene rings is 1. The fourth-order valence-corrected chi connectivity index (χ4v) is 1.26. The maximum absolute atomic E-state index is 11.1. The molecule has 1 fully saturated rings. The number of ether oxygens (including phenoxy) is 1. The van der Waals surface area contributed by atoms with Gasteiger partial charge in [0.25, 0.3) is 5.91 Å². The van der Waals surface area contributed by atoms with Crippen molar-refractivity contribution in [3.05, 3.63) is 47.9 Å². The molecular weight excluding hydrogens is 208 g/mol. The van der Waals surface area contributed by atoms with E-state index in [9.17, 15) is 9.59 Å². The van der Waals surface area contributed by atoms with Gasteiger partial charge < -0.3 is 10.1 Å². The topological polar surface area (TPSA) is 67.4 Å². The lowest BCUT2D eigenvalue weighted by atomic mass is 10.2. The van der Waals surface area contributed by atoms with Crippen molar-refractivity contribution >= 4 is 11.9 Å². The van der Waals surface area contributed by atoms with Crippen LogP contribution in [0.4, 0.5) is 4.79 Å². The lowest BCUT2D eigenvalue weighted by Gasteiger charge is -2.01. The van der Waals surface area contributed by atoms with Gasteiger partial charge in [-0.15, -0.1) is 0 Å². The average molecular weight is 218 g/mol. The van der Waals surface area contributed by atoms with Gasteiger partial charge in [-0.3, -0.25) is 10.1 Å². The van der Waals surface area contributed by atoms with Crippen molar-refractivity contribution in [2.75, 3.05) is 0 Å². The van der Waals surface area contributed by atoms with E-state index in [-0.39, 0.29) is 5.70 Å². The van der Waals surface area contributed by atoms with Crippen molar-refractivity contribution in [3.63, 3.8) is 0 Å². The first-order valence-electron chi connectivity index (χ1n) is 4.74. The van der Waals surface area contributed by atoms with Crippen LogP contribution in [0, 0.1) is 0 Å². The van der Waals surface area contributed by atoms with Crippen LogP contribution in [0.25, 0.3) is 0 Å². The number of hydrogen-bond acceptors (Lipinski definition) is 3. The molecule has 3 amide bonds. The summed E-state index contributed by atoms with van der Waals surface area (Å²) in [5.74, 6) is -0.474. The van der Waals surface area contributed by atoms with Gasteiger partial charge in [-0.1, -0.05) is 30.3 Å². The third-order valence-electron chi connectivity index (χ3n) is 2.01. The molecule has 82 valence electrons. The molecule has 0 aliphatic carbocycles.